The summed E-state index contributed by atoms with van der Waals surface area (Å²) in [5.41, 5.74) is 0. The van der Waals surface area contributed by atoms with Crippen molar-refractivity contribution in [1.82, 2.24) is 5.32 Å². The summed E-state index contributed by atoms with van der Waals surface area (Å²) in [6.07, 6.45) is 71.4. The van der Waals surface area contributed by atoms with Gasteiger partial charge in [0, 0.05) is 12.8 Å². The average molecular weight is 991 g/mol. The van der Waals surface area contributed by atoms with Crippen LogP contribution in [0.15, 0.2) is 0 Å². The van der Waals surface area contributed by atoms with Crippen LogP contribution in [0.4, 0.5) is 0 Å². The molecule has 0 saturated heterocycles. The highest BCUT2D eigenvalue weighted by molar-refractivity contribution is 5.76. The molecule has 2 unspecified atom stereocenters. The fourth-order valence-electron chi connectivity index (χ4n) is 10.5. The molecule has 0 aromatic rings. The van der Waals surface area contributed by atoms with Crippen LogP contribution in [0.25, 0.3) is 0 Å². The van der Waals surface area contributed by atoms with Crippen molar-refractivity contribution in [1.29, 1.82) is 0 Å². The zero-order chi connectivity index (χ0) is 50.7. The fourth-order valence-corrected chi connectivity index (χ4v) is 10.5. The highest BCUT2D eigenvalue weighted by Crippen LogP contribution is 2.19. The lowest BCUT2D eigenvalue weighted by Crippen LogP contribution is -2.45. The van der Waals surface area contributed by atoms with Crippen LogP contribution in [0.3, 0.4) is 0 Å². The van der Waals surface area contributed by atoms with Crippen molar-refractivity contribution in [3.8, 4) is 0 Å². The molecule has 2 atom stereocenters. The number of unbranched alkanes of at least 4 members (excludes halogenated alkanes) is 50. The van der Waals surface area contributed by atoms with Crippen LogP contribution in [0.2, 0.25) is 0 Å². The molecular formula is C64H127NO5. The zero-order valence-electron chi connectivity index (χ0n) is 47.8. The molecule has 0 fully saturated rings. The number of hydrogen-bond donors (Lipinski definition) is 3. The van der Waals surface area contributed by atoms with E-state index in [9.17, 15) is 19.8 Å². The summed E-state index contributed by atoms with van der Waals surface area (Å²) in [5, 5.41) is 23.2. The quantitative estimate of drug-likeness (QED) is 0.0417. The van der Waals surface area contributed by atoms with E-state index in [1.165, 1.54) is 302 Å². The van der Waals surface area contributed by atoms with Crippen molar-refractivity contribution >= 4 is 11.9 Å². The molecule has 0 aliphatic carbocycles. The number of aliphatic hydroxyl groups excluding tert-OH is 2. The standard InChI is InChI=1S/C64H127NO5/c1-3-5-7-9-11-13-15-34-38-42-46-50-54-58-64(69)70-59-55-51-47-43-39-36-33-31-29-27-25-23-21-19-17-16-18-20-22-24-26-28-30-32-35-37-41-45-49-53-57-63(68)65-61(60-66)62(67)56-52-48-44-40-14-12-10-8-6-4-2/h61-62,66-67H,3-60H2,1-2H3,(H,65,68). The normalized spacial score (nSPS) is 12.5. The lowest BCUT2D eigenvalue weighted by molar-refractivity contribution is -0.143. The molecule has 0 aromatic heterocycles. The minimum Gasteiger partial charge on any atom is -0.466 e. The summed E-state index contributed by atoms with van der Waals surface area (Å²) in [7, 11) is 0. The Hall–Kier alpha value is -1.14. The smallest absolute Gasteiger partial charge is 0.305 e. The summed E-state index contributed by atoms with van der Waals surface area (Å²) in [5.74, 6) is -0.00814. The Balaban J connectivity index is 3.29. The Bertz CT molecular complexity index is 1010. The number of rotatable bonds is 61. The molecule has 0 aliphatic heterocycles. The van der Waals surface area contributed by atoms with Gasteiger partial charge in [-0.3, -0.25) is 9.59 Å². The molecule has 0 rings (SSSR count). The molecule has 1 amide bonds. The van der Waals surface area contributed by atoms with Gasteiger partial charge in [0.05, 0.1) is 25.4 Å². The molecule has 0 aliphatic rings. The van der Waals surface area contributed by atoms with Gasteiger partial charge in [0.2, 0.25) is 5.91 Å². The Morgan fingerprint density at radius 2 is 0.586 bits per heavy atom. The molecule has 0 heterocycles. The Morgan fingerprint density at radius 3 is 0.871 bits per heavy atom. The molecule has 0 bridgehead atoms. The van der Waals surface area contributed by atoms with E-state index in [1.807, 2.05) is 0 Å². The maximum atomic E-state index is 12.4. The Morgan fingerprint density at radius 1 is 0.343 bits per heavy atom. The van der Waals surface area contributed by atoms with E-state index in [1.54, 1.807) is 0 Å². The number of aliphatic hydroxyl groups is 2. The molecule has 6 nitrogen and oxygen atoms in total. The predicted molar refractivity (Wildman–Crippen MR) is 306 cm³/mol. The van der Waals surface area contributed by atoms with E-state index in [-0.39, 0.29) is 18.5 Å². The third-order valence-corrected chi connectivity index (χ3v) is 15.4. The lowest BCUT2D eigenvalue weighted by atomic mass is 10.0. The first kappa shape index (κ1) is 68.9. The topological polar surface area (TPSA) is 95.9 Å². The SMILES string of the molecule is CCCCCCCCCCCCCCCC(=O)OCCCCCCCCCCCCCCCCCCCCCCCCCCCCCCCCC(=O)NC(CO)C(O)CCCCCCCCCCCC. The first-order valence-electron chi connectivity index (χ1n) is 32.3. The van der Waals surface area contributed by atoms with Crippen molar-refractivity contribution in [2.24, 2.45) is 0 Å². The highest BCUT2D eigenvalue weighted by Gasteiger charge is 2.20. The van der Waals surface area contributed by atoms with E-state index in [4.69, 9.17) is 4.74 Å². The largest absolute Gasteiger partial charge is 0.466 e. The molecule has 6 heteroatoms. The molecule has 70 heavy (non-hydrogen) atoms. The third kappa shape index (κ3) is 56.2. The number of nitrogens with one attached hydrogen (secondary N) is 1. The average Bonchev–Trinajstić information content (AvgIpc) is 3.36. The summed E-state index contributed by atoms with van der Waals surface area (Å²) >= 11 is 0. The first-order valence-corrected chi connectivity index (χ1v) is 32.3. The first-order chi connectivity index (χ1) is 34.5. The summed E-state index contributed by atoms with van der Waals surface area (Å²) < 4.78 is 5.49. The third-order valence-electron chi connectivity index (χ3n) is 15.4. The minimum absolute atomic E-state index is 0.0224. The van der Waals surface area contributed by atoms with Gasteiger partial charge in [0.15, 0.2) is 0 Å². The van der Waals surface area contributed by atoms with Gasteiger partial charge in [0.25, 0.3) is 0 Å². The highest BCUT2D eigenvalue weighted by atomic mass is 16.5. The summed E-state index contributed by atoms with van der Waals surface area (Å²) in [6.45, 7) is 4.97. The molecule has 418 valence electrons. The molecule has 0 aromatic carbocycles. The van der Waals surface area contributed by atoms with Crippen LogP contribution in [0.1, 0.15) is 373 Å². The van der Waals surface area contributed by atoms with Crippen LogP contribution in [0.5, 0.6) is 0 Å². The second-order valence-corrected chi connectivity index (χ2v) is 22.5. The van der Waals surface area contributed by atoms with Crippen molar-refractivity contribution in [2.75, 3.05) is 13.2 Å². The van der Waals surface area contributed by atoms with Crippen LogP contribution in [-0.4, -0.2) is 47.4 Å². The predicted octanol–water partition coefficient (Wildman–Crippen LogP) is 20.3. The second kappa shape index (κ2) is 60.4. The van der Waals surface area contributed by atoms with E-state index in [2.05, 4.69) is 19.2 Å². The van der Waals surface area contributed by atoms with Gasteiger partial charge in [-0.2, -0.15) is 0 Å². The number of amides is 1. The molecule has 0 radical (unpaired) electrons. The Labute approximate surface area is 438 Å². The van der Waals surface area contributed by atoms with Gasteiger partial charge in [-0.25, -0.2) is 0 Å². The van der Waals surface area contributed by atoms with E-state index < -0.39 is 12.1 Å². The van der Waals surface area contributed by atoms with Gasteiger partial charge in [-0.05, 0) is 25.7 Å². The fraction of sp³-hybridized carbons (Fsp3) is 0.969. The van der Waals surface area contributed by atoms with E-state index in [0.29, 0.717) is 25.9 Å². The second-order valence-electron chi connectivity index (χ2n) is 22.5. The van der Waals surface area contributed by atoms with Gasteiger partial charge >= 0.3 is 5.97 Å². The number of esters is 1. The number of hydrogen-bond acceptors (Lipinski definition) is 5. The minimum atomic E-state index is -0.658. The van der Waals surface area contributed by atoms with Crippen LogP contribution >= 0.6 is 0 Å². The van der Waals surface area contributed by atoms with Crippen molar-refractivity contribution < 1.29 is 24.5 Å². The van der Waals surface area contributed by atoms with Gasteiger partial charge < -0.3 is 20.3 Å². The summed E-state index contributed by atoms with van der Waals surface area (Å²) in [6, 6.07) is -0.535. The van der Waals surface area contributed by atoms with Crippen LogP contribution in [0, 0.1) is 0 Å². The van der Waals surface area contributed by atoms with Crippen molar-refractivity contribution in [3.05, 3.63) is 0 Å². The zero-order valence-corrected chi connectivity index (χ0v) is 47.8. The van der Waals surface area contributed by atoms with Gasteiger partial charge in [0.1, 0.15) is 0 Å². The van der Waals surface area contributed by atoms with Crippen LogP contribution < -0.4 is 5.32 Å². The van der Waals surface area contributed by atoms with E-state index in [0.717, 1.165) is 38.5 Å². The number of ether oxygens (including phenoxy) is 1. The molecule has 0 spiro atoms. The Kier molecular flexibility index (Phi) is 59.4. The molecule has 0 saturated carbocycles. The van der Waals surface area contributed by atoms with Gasteiger partial charge in [-0.1, -0.05) is 335 Å². The maximum absolute atomic E-state index is 12.4. The lowest BCUT2D eigenvalue weighted by Gasteiger charge is -2.22. The maximum Gasteiger partial charge on any atom is 0.305 e. The number of carbonyl (C=O) groups is 2. The molecular weight excluding hydrogens is 863 g/mol. The van der Waals surface area contributed by atoms with Crippen molar-refractivity contribution in [3.63, 3.8) is 0 Å². The van der Waals surface area contributed by atoms with Gasteiger partial charge in [-0.15, -0.1) is 0 Å². The number of carbonyl (C=O) groups excluding carboxylic acids is 2. The summed E-state index contributed by atoms with van der Waals surface area (Å²) in [4.78, 5) is 24.5. The van der Waals surface area contributed by atoms with E-state index >= 15 is 0 Å². The monoisotopic (exact) mass is 990 g/mol. The van der Waals surface area contributed by atoms with Crippen LogP contribution in [-0.2, 0) is 14.3 Å². The van der Waals surface area contributed by atoms with Crippen molar-refractivity contribution in [2.45, 2.75) is 386 Å². The molecule has 3 N–H and O–H groups in total.